The van der Waals surface area contributed by atoms with E-state index in [1.807, 2.05) is 31.2 Å². The molecule has 7 heteroatoms. The Hall–Kier alpha value is -2.02. The minimum Gasteiger partial charge on any atom is -0.480 e. The Morgan fingerprint density at radius 3 is 2.38 bits per heavy atom. The highest BCUT2D eigenvalue weighted by Gasteiger charge is 2.19. The lowest BCUT2D eigenvalue weighted by atomic mass is 10.1. The quantitative estimate of drug-likeness (QED) is 0.750. The summed E-state index contributed by atoms with van der Waals surface area (Å²) in [4.78, 5) is 35.7. The summed E-state index contributed by atoms with van der Waals surface area (Å²) in [6.07, 6.45) is 0.667. The number of carbonyl (C=O) groups is 3. The molecule has 0 bridgehead atoms. The number of urea groups is 1. The third-order valence-electron chi connectivity index (χ3n) is 3.46. The van der Waals surface area contributed by atoms with Gasteiger partial charge >= 0.3 is 12.0 Å². The molecule has 0 aliphatic carbocycles. The van der Waals surface area contributed by atoms with Crippen molar-refractivity contribution >= 4 is 28.9 Å². The van der Waals surface area contributed by atoms with Crippen molar-refractivity contribution < 1.29 is 19.5 Å². The molecule has 0 aliphatic rings. The first kappa shape index (κ1) is 20.0. The predicted molar refractivity (Wildman–Crippen MR) is 95.2 cm³/mol. The van der Waals surface area contributed by atoms with Gasteiger partial charge in [-0.05, 0) is 25.8 Å². The third kappa shape index (κ3) is 7.50. The topological polar surface area (TPSA) is 86.7 Å². The summed E-state index contributed by atoms with van der Waals surface area (Å²) >= 11 is 1.15. The first-order valence-corrected chi connectivity index (χ1v) is 8.75. The second kappa shape index (κ2) is 9.97. The van der Waals surface area contributed by atoms with E-state index in [4.69, 9.17) is 5.11 Å². The molecule has 1 rings (SSSR count). The lowest BCUT2D eigenvalue weighted by Crippen LogP contribution is -2.48. The number of amides is 2. The number of aliphatic carboxylic acids is 1. The molecule has 0 radical (unpaired) electrons. The first-order chi connectivity index (χ1) is 11.3. The summed E-state index contributed by atoms with van der Waals surface area (Å²) in [7, 11) is 0. The maximum Gasteiger partial charge on any atom is 0.325 e. The van der Waals surface area contributed by atoms with Crippen LogP contribution in [-0.2, 0) is 16.0 Å². The number of carboxylic acids is 1. The fourth-order valence-electron chi connectivity index (χ4n) is 1.97. The molecule has 0 saturated carbocycles. The van der Waals surface area contributed by atoms with Crippen LogP contribution in [0, 0.1) is 6.92 Å². The molecule has 24 heavy (non-hydrogen) atoms. The average molecular weight is 352 g/mol. The van der Waals surface area contributed by atoms with Crippen LogP contribution in [-0.4, -0.2) is 52.0 Å². The van der Waals surface area contributed by atoms with Crippen LogP contribution in [0.4, 0.5) is 4.79 Å². The van der Waals surface area contributed by atoms with Crippen molar-refractivity contribution in [1.82, 2.24) is 10.2 Å². The molecule has 6 nitrogen and oxygen atoms in total. The smallest absolute Gasteiger partial charge is 0.325 e. The molecule has 0 saturated heterocycles. The van der Waals surface area contributed by atoms with E-state index in [2.05, 4.69) is 5.32 Å². The van der Waals surface area contributed by atoms with Gasteiger partial charge in [0, 0.05) is 25.8 Å². The summed E-state index contributed by atoms with van der Waals surface area (Å²) in [5, 5.41) is 11.4. The standard InChI is InChI=1S/C17H24N2O4S/c1-12-4-6-15(7-5-12)8-9-19(10-11-24-14(3)20)17(23)18-13(2)16(21)22/h4-7,13H,8-11H2,1-3H3,(H,18,23)(H,21,22). The van der Waals surface area contributed by atoms with Crippen molar-refractivity contribution in [3.8, 4) is 0 Å². The largest absolute Gasteiger partial charge is 0.480 e. The molecule has 1 aromatic rings. The molecule has 2 amide bonds. The van der Waals surface area contributed by atoms with Crippen molar-refractivity contribution in [3.63, 3.8) is 0 Å². The zero-order valence-corrected chi connectivity index (χ0v) is 15.1. The van der Waals surface area contributed by atoms with Gasteiger partial charge in [0.25, 0.3) is 0 Å². The zero-order chi connectivity index (χ0) is 18.1. The van der Waals surface area contributed by atoms with Gasteiger partial charge in [-0.25, -0.2) is 4.79 Å². The summed E-state index contributed by atoms with van der Waals surface area (Å²) in [5.41, 5.74) is 2.27. The maximum atomic E-state index is 12.3. The number of nitrogens with one attached hydrogen (secondary N) is 1. The number of hydrogen-bond donors (Lipinski definition) is 2. The monoisotopic (exact) mass is 352 g/mol. The Bertz CT molecular complexity index is 574. The lowest BCUT2D eigenvalue weighted by Gasteiger charge is -2.24. The van der Waals surface area contributed by atoms with Crippen LogP contribution in [0.3, 0.4) is 0 Å². The Kier molecular flexibility index (Phi) is 8.32. The first-order valence-electron chi connectivity index (χ1n) is 7.76. The molecule has 0 aliphatic heterocycles. The van der Waals surface area contributed by atoms with Gasteiger partial charge in [0.2, 0.25) is 0 Å². The lowest BCUT2D eigenvalue weighted by molar-refractivity contribution is -0.138. The molecule has 2 N–H and O–H groups in total. The van der Waals surface area contributed by atoms with Gasteiger partial charge in [-0.3, -0.25) is 9.59 Å². The van der Waals surface area contributed by atoms with Gasteiger partial charge in [-0.1, -0.05) is 41.6 Å². The molecule has 0 spiro atoms. The molecule has 1 aromatic carbocycles. The van der Waals surface area contributed by atoms with E-state index in [0.29, 0.717) is 25.3 Å². The normalized spacial score (nSPS) is 11.6. The number of rotatable bonds is 8. The maximum absolute atomic E-state index is 12.3. The number of thioether (sulfide) groups is 1. The Balaban J connectivity index is 2.65. The Labute approximate surface area is 146 Å². The summed E-state index contributed by atoms with van der Waals surface area (Å²) < 4.78 is 0. The molecule has 132 valence electrons. The minimum atomic E-state index is -1.08. The van der Waals surface area contributed by atoms with Crippen molar-refractivity contribution in [2.45, 2.75) is 33.2 Å². The minimum absolute atomic E-state index is 0.00667. The van der Waals surface area contributed by atoms with E-state index in [1.165, 1.54) is 19.4 Å². The number of nitrogens with zero attached hydrogens (tertiary/aromatic N) is 1. The number of aryl methyl sites for hydroxylation is 1. The second-order valence-electron chi connectivity index (χ2n) is 5.57. The summed E-state index contributed by atoms with van der Waals surface area (Å²) in [5.74, 6) is -0.599. The molecule has 0 heterocycles. The van der Waals surface area contributed by atoms with Crippen molar-refractivity contribution in [1.29, 1.82) is 0 Å². The van der Waals surface area contributed by atoms with Crippen LogP contribution >= 0.6 is 11.8 Å². The highest BCUT2D eigenvalue weighted by atomic mass is 32.2. The van der Waals surface area contributed by atoms with E-state index < -0.39 is 18.0 Å². The zero-order valence-electron chi connectivity index (χ0n) is 14.2. The molecule has 0 aromatic heterocycles. The average Bonchev–Trinajstić information content (AvgIpc) is 2.51. The van der Waals surface area contributed by atoms with E-state index in [9.17, 15) is 14.4 Å². The van der Waals surface area contributed by atoms with Crippen LogP contribution in [0.2, 0.25) is 0 Å². The second-order valence-corrected chi connectivity index (χ2v) is 6.84. The predicted octanol–water partition coefficient (Wildman–Crippen LogP) is 2.30. The van der Waals surface area contributed by atoms with E-state index >= 15 is 0 Å². The summed E-state index contributed by atoms with van der Waals surface area (Å²) in [6, 6.07) is 6.65. The van der Waals surface area contributed by atoms with E-state index in [0.717, 1.165) is 17.3 Å². The van der Waals surface area contributed by atoms with E-state index in [1.54, 1.807) is 4.90 Å². The van der Waals surface area contributed by atoms with Crippen molar-refractivity contribution in [3.05, 3.63) is 35.4 Å². The van der Waals surface area contributed by atoms with Gasteiger partial charge in [0.05, 0.1) is 0 Å². The fourth-order valence-corrected chi connectivity index (χ4v) is 2.57. The summed E-state index contributed by atoms with van der Waals surface area (Å²) in [6.45, 7) is 5.75. The van der Waals surface area contributed by atoms with E-state index in [-0.39, 0.29) is 5.12 Å². The fraction of sp³-hybridized carbons (Fsp3) is 0.471. The molecule has 0 fully saturated rings. The van der Waals surface area contributed by atoms with Gasteiger partial charge in [-0.2, -0.15) is 0 Å². The van der Waals surface area contributed by atoms with Crippen molar-refractivity contribution in [2.24, 2.45) is 0 Å². The van der Waals surface area contributed by atoms with Crippen LogP contribution in [0.1, 0.15) is 25.0 Å². The van der Waals surface area contributed by atoms with Crippen LogP contribution < -0.4 is 5.32 Å². The van der Waals surface area contributed by atoms with Gasteiger partial charge in [-0.15, -0.1) is 0 Å². The number of benzene rings is 1. The molecule has 1 atom stereocenters. The number of carboxylic acid groups (broad SMARTS) is 1. The van der Waals surface area contributed by atoms with Crippen LogP contribution in [0.25, 0.3) is 0 Å². The van der Waals surface area contributed by atoms with Gasteiger partial charge < -0.3 is 15.3 Å². The molecular weight excluding hydrogens is 328 g/mol. The highest BCUT2D eigenvalue weighted by Crippen LogP contribution is 2.07. The van der Waals surface area contributed by atoms with Crippen molar-refractivity contribution in [2.75, 3.05) is 18.8 Å². The van der Waals surface area contributed by atoms with Gasteiger partial charge in [0.15, 0.2) is 5.12 Å². The number of carbonyl (C=O) groups excluding carboxylic acids is 2. The third-order valence-corrected chi connectivity index (χ3v) is 4.25. The number of hydrogen-bond acceptors (Lipinski definition) is 4. The highest BCUT2D eigenvalue weighted by molar-refractivity contribution is 8.13. The Morgan fingerprint density at radius 1 is 1.21 bits per heavy atom. The van der Waals surface area contributed by atoms with Crippen LogP contribution in [0.15, 0.2) is 24.3 Å². The van der Waals surface area contributed by atoms with Gasteiger partial charge in [0.1, 0.15) is 6.04 Å². The molecular formula is C17H24N2O4S. The Morgan fingerprint density at radius 2 is 1.83 bits per heavy atom. The van der Waals surface area contributed by atoms with Crippen LogP contribution in [0.5, 0.6) is 0 Å². The SMILES string of the molecule is CC(=O)SCCN(CCc1ccc(C)cc1)C(=O)NC(C)C(=O)O. The molecule has 1 unspecified atom stereocenters.